The fourth-order valence-corrected chi connectivity index (χ4v) is 2.46. The molecule has 1 aliphatic rings. The minimum Gasteiger partial charge on any atom is -0.366 e. The van der Waals surface area contributed by atoms with Gasteiger partial charge in [-0.3, -0.25) is 0 Å². The van der Waals surface area contributed by atoms with E-state index < -0.39 is 0 Å². The zero-order chi connectivity index (χ0) is 10.7. The van der Waals surface area contributed by atoms with Gasteiger partial charge in [-0.1, -0.05) is 19.8 Å². The number of anilines is 1. The molecule has 2 rings (SSSR count). The van der Waals surface area contributed by atoms with Crippen LogP contribution >= 0.6 is 15.9 Å². The standard InChI is InChI=1S/C11H16BrN3/c1-8-4-2-3-5-10(8)15-11-9(12)6-13-7-14-11/h6-8,10H,2-5H2,1H3,(H,13,14,15). The van der Waals surface area contributed by atoms with Crippen molar-refractivity contribution in [3.8, 4) is 0 Å². The molecule has 1 N–H and O–H groups in total. The number of hydrogen-bond acceptors (Lipinski definition) is 3. The largest absolute Gasteiger partial charge is 0.366 e. The molecule has 0 amide bonds. The first kappa shape index (κ1) is 10.9. The number of aromatic nitrogens is 2. The molecule has 1 aliphatic carbocycles. The average Bonchev–Trinajstić information content (AvgIpc) is 2.24. The smallest absolute Gasteiger partial charge is 0.143 e. The first-order valence-electron chi connectivity index (χ1n) is 5.49. The number of nitrogens with zero attached hydrogens (tertiary/aromatic N) is 2. The van der Waals surface area contributed by atoms with Crippen LogP contribution in [0.25, 0.3) is 0 Å². The lowest BCUT2D eigenvalue weighted by Crippen LogP contribution is -2.30. The molecule has 0 spiro atoms. The van der Waals surface area contributed by atoms with Crippen LogP contribution in [0.1, 0.15) is 32.6 Å². The lowest BCUT2D eigenvalue weighted by atomic mass is 9.86. The molecular formula is C11H16BrN3. The SMILES string of the molecule is CC1CCCCC1Nc1ncncc1Br. The molecule has 1 fully saturated rings. The minimum atomic E-state index is 0.560. The molecule has 0 aromatic carbocycles. The molecule has 0 radical (unpaired) electrons. The van der Waals surface area contributed by atoms with Crippen molar-refractivity contribution in [1.29, 1.82) is 0 Å². The second kappa shape index (κ2) is 4.92. The van der Waals surface area contributed by atoms with Crippen LogP contribution in [0.5, 0.6) is 0 Å². The molecular weight excluding hydrogens is 254 g/mol. The van der Waals surface area contributed by atoms with E-state index in [0.29, 0.717) is 6.04 Å². The minimum absolute atomic E-state index is 0.560. The van der Waals surface area contributed by atoms with Crippen LogP contribution < -0.4 is 5.32 Å². The Labute approximate surface area is 98.8 Å². The first-order chi connectivity index (χ1) is 7.27. The highest BCUT2D eigenvalue weighted by Gasteiger charge is 2.21. The topological polar surface area (TPSA) is 37.8 Å². The van der Waals surface area contributed by atoms with Gasteiger partial charge in [-0.2, -0.15) is 0 Å². The van der Waals surface area contributed by atoms with Gasteiger partial charge in [0.15, 0.2) is 0 Å². The van der Waals surface area contributed by atoms with E-state index in [9.17, 15) is 0 Å². The van der Waals surface area contributed by atoms with Crippen molar-refractivity contribution in [1.82, 2.24) is 9.97 Å². The number of hydrogen-bond donors (Lipinski definition) is 1. The van der Waals surface area contributed by atoms with Gasteiger partial charge in [-0.05, 0) is 34.7 Å². The van der Waals surface area contributed by atoms with E-state index in [2.05, 4.69) is 38.1 Å². The summed E-state index contributed by atoms with van der Waals surface area (Å²) in [7, 11) is 0. The molecule has 0 aliphatic heterocycles. The van der Waals surface area contributed by atoms with Crippen molar-refractivity contribution in [2.45, 2.75) is 38.6 Å². The average molecular weight is 270 g/mol. The van der Waals surface area contributed by atoms with Gasteiger partial charge < -0.3 is 5.32 Å². The van der Waals surface area contributed by atoms with Crippen molar-refractivity contribution < 1.29 is 0 Å². The van der Waals surface area contributed by atoms with Gasteiger partial charge >= 0.3 is 0 Å². The van der Waals surface area contributed by atoms with E-state index in [4.69, 9.17) is 0 Å². The van der Waals surface area contributed by atoms with Gasteiger partial charge in [0.2, 0.25) is 0 Å². The normalized spacial score (nSPS) is 26.3. The van der Waals surface area contributed by atoms with Crippen LogP contribution in [0.3, 0.4) is 0 Å². The van der Waals surface area contributed by atoms with Crippen molar-refractivity contribution in [2.24, 2.45) is 5.92 Å². The second-order valence-electron chi connectivity index (χ2n) is 4.23. The monoisotopic (exact) mass is 269 g/mol. The maximum atomic E-state index is 4.24. The molecule has 1 aromatic rings. The van der Waals surface area contributed by atoms with Gasteiger partial charge in [-0.15, -0.1) is 0 Å². The fraction of sp³-hybridized carbons (Fsp3) is 0.636. The van der Waals surface area contributed by atoms with Gasteiger partial charge in [0.1, 0.15) is 12.1 Å². The van der Waals surface area contributed by atoms with Gasteiger partial charge in [0.05, 0.1) is 4.47 Å². The summed E-state index contributed by atoms with van der Waals surface area (Å²) in [5, 5.41) is 3.50. The Hall–Kier alpha value is -0.640. The summed E-state index contributed by atoms with van der Waals surface area (Å²) in [6.45, 7) is 2.31. The van der Waals surface area contributed by atoms with Crippen molar-refractivity contribution in [2.75, 3.05) is 5.32 Å². The van der Waals surface area contributed by atoms with Gasteiger partial charge in [0.25, 0.3) is 0 Å². The summed E-state index contributed by atoms with van der Waals surface area (Å²) in [6, 6.07) is 0.560. The molecule has 0 bridgehead atoms. The molecule has 1 saturated carbocycles. The van der Waals surface area contributed by atoms with Crippen LogP contribution in [-0.4, -0.2) is 16.0 Å². The summed E-state index contributed by atoms with van der Waals surface area (Å²) >= 11 is 3.46. The van der Waals surface area contributed by atoms with Crippen LogP contribution in [0, 0.1) is 5.92 Å². The molecule has 4 heteroatoms. The summed E-state index contributed by atoms with van der Waals surface area (Å²) in [4.78, 5) is 8.20. The molecule has 2 atom stereocenters. The Balaban J connectivity index is 2.04. The quantitative estimate of drug-likeness (QED) is 0.896. The second-order valence-corrected chi connectivity index (χ2v) is 5.09. The number of rotatable bonds is 2. The Morgan fingerprint density at radius 2 is 2.20 bits per heavy atom. The summed E-state index contributed by atoms with van der Waals surface area (Å²) in [5.74, 6) is 1.66. The molecule has 0 saturated heterocycles. The Kier molecular flexibility index (Phi) is 3.57. The van der Waals surface area contributed by atoms with Crippen LogP contribution in [0.15, 0.2) is 17.0 Å². The van der Waals surface area contributed by atoms with E-state index in [1.807, 2.05) is 0 Å². The third-order valence-electron chi connectivity index (χ3n) is 3.10. The zero-order valence-corrected chi connectivity index (χ0v) is 10.5. The first-order valence-corrected chi connectivity index (χ1v) is 6.28. The third kappa shape index (κ3) is 2.68. The summed E-state index contributed by atoms with van der Waals surface area (Å²) in [5.41, 5.74) is 0. The molecule has 2 unspecified atom stereocenters. The predicted octanol–water partition coefficient (Wildman–Crippen LogP) is 3.23. The highest BCUT2D eigenvalue weighted by molar-refractivity contribution is 9.10. The van der Waals surface area contributed by atoms with E-state index >= 15 is 0 Å². The fourth-order valence-electron chi connectivity index (χ4n) is 2.13. The van der Waals surface area contributed by atoms with Crippen molar-refractivity contribution in [3.63, 3.8) is 0 Å². The van der Waals surface area contributed by atoms with Gasteiger partial charge in [0, 0.05) is 12.2 Å². The molecule has 1 aromatic heterocycles. The molecule has 3 nitrogen and oxygen atoms in total. The van der Waals surface area contributed by atoms with E-state index in [1.165, 1.54) is 25.7 Å². The third-order valence-corrected chi connectivity index (χ3v) is 3.68. The predicted molar refractivity (Wildman–Crippen MR) is 64.8 cm³/mol. The Morgan fingerprint density at radius 1 is 1.40 bits per heavy atom. The molecule has 1 heterocycles. The Bertz CT molecular complexity index is 329. The molecule has 82 valence electrons. The number of nitrogens with one attached hydrogen (secondary N) is 1. The zero-order valence-electron chi connectivity index (χ0n) is 8.91. The maximum absolute atomic E-state index is 4.24. The molecule has 15 heavy (non-hydrogen) atoms. The van der Waals surface area contributed by atoms with Crippen LogP contribution in [0.4, 0.5) is 5.82 Å². The van der Waals surface area contributed by atoms with Gasteiger partial charge in [-0.25, -0.2) is 9.97 Å². The summed E-state index contributed by atoms with van der Waals surface area (Å²) in [6.07, 6.45) is 8.62. The summed E-state index contributed by atoms with van der Waals surface area (Å²) < 4.78 is 0.947. The highest BCUT2D eigenvalue weighted by atomic mass is 79.9. The highest BCUT2D eigenvalue weighted by Crippen LogP contribution is 2.28. The van der Waals surface area contributed by atoms with E-state index in [0.717, 1.165) is 16.2 Å². The van der Waals surface area contributed by atoms with Crippen molar-refractivity contribution in [3.05, 3.63) is 17.0 Å². The van der Waals surface area contributed by atoms with Crippen LogP contribution in [-0.2, 0) is 0 Å². The maximum Gasteiger partial charge on any atom is 0.143 e. The van der Waals surface area contributed by atoms with E-state index in [-0.39, 0.29) is 0 Å². The lowest BCUT2D eigenvalue weighted by molar-refractivity contribution is 0.349. The van der Waals surface area contributed by atoms with Crippen LogP contribution in [0.2, 0.25) is 0 Å². The lowest BCUT2D eigenvalue weighted by Gasteiger charge is -2.30. The Morgan fingerprint density at radius 3 is 2.93 bits per heavy atom. The number of halogens is 1. The van der Waals surface area contributed by atoms with Crippen molar-refractivity contribution >= 4 is 21.7 Å². The van der Waals surface area contributed by atoms with E-state index in [1.54, 1.807) is 12.5 Å².